The molecule has 2 fully saturated rings. The molecule has 0 heterocycles. The summed E-state index contributed by atoms with van der Waals surface area (Å²) < 4.78 is 13.4. The zero-order chi connectivity index (χ0) is 23.4. The average Bonchev–Trinajstić information content (AvgIpc) is 3.08. The molecule has 3 heteroatoms. The van der Waals surface area contributed by atoms with E-state index in [1.165, 1.54) is 44.9 Å². The van der Waals surface area contributed by atoms with Crippen LogP contribution in [0.5, 0.6) is 0 Å². The summed E-state index contributed by atoms with van der Waals surface area (Å²) in [6.45, 7) is 17.9. The second kappa shape index (κ2) is 8.68. The fourth-order valence-electron chi connectivity index (χ4n) is 7.99. The Hall–Kier alpha value is -0.383. The molecule has 2 saturated carbocycles. The number of fused-ring (bicyclic) bond motifs is 5. The summed E-state index contributed by atoms with van der Waals surface area (Å²) in [5.41, 5.74) is 1.98. The normalized spacial score (nSPS) is 42.3. The molecule has 0 aromatic heterocycles. The maximum absolute atomic E-state index is 6.73. The molecule has 0 aliphatic heterocycles. The van der Waals surface area contributed by atoms with Crippen LogP contribution in [-0.4, -0.2) is 27.6 Å². The third kappa shape index (κ3) is 4.13. The molecule has 0 aromatic rings. The second-order valence-electron chi connectivity index (χ2n) is 13.6. The molecule has 0 N–H and O–H groups in total. The van der Waals surface area contributed by atoms with E-state index in [9.17, 15) is 0 Å². The molecule has 4 rings (SSSR count). The van der Waals surface area contributed by atoms with Crippen LogP contribution in [0.2, 0.25) is 18.1 Å². The van der Waals surface area contributed by atoms with E-state index in [-0.39, 0.29) is 10.6 Å². The lowest BCUT2D eigenvalue weighted by Crippen LogP contribution is -2.57. The van der Waals surface area contributed by atoms with Gasteiger partial charge in [-0.2, -0.15) is 0 Å². The van der Waals surface area contributed by atoms with Crippen LogP contribution in [0.1, 0.15) is 86.0 Å². The Balaban J connectivity index is 1.55. The lowest BCUT2D eigenvalue weighted by molar-refractivity contribution is -0.171. The Morgan fingerprint density at radius 3 is 2.62 bits per heavy atom. The van der Waals surface area contributed by atoms with Crippen LogP contribution in [-0.2, 0) is 9.16 Å². The van der Waals surface area contributed by atoms with Crippen molar-refractivity contribution < 1.29 is 9.16 Å². The monoisotopic (exact) mass is 458 g/mol. The Labute approximate surface area is 199 Å². The Morgan fingerprint density at radius 2 is 1.94 bits per heavy atom. The predicted octanol–water partition coefficient (Wildman–Crippen LogP) is 8.16. The molecule has 0 aromatic carbocycles. The summed E-state index contributed by atoms with van der Waals surface area (Å²) in [5.74, 6) is 3.60. The summed E-state index contributed by atoms with van der Waals surface area (Å²) in [6.07, 6.45) is 17.8. The van der Waals surface area contributed by atoms with Crippen molar-refractivity contribution in [3.63, 3.8) is 0 Å². The SMILES string of the molecule is CO[C@@]12C/C=C3/C=CC[C@@H](C3)C[C@@H]1CC[C@]1(C)[C@@H]([C@H](C)CO[Si](C)(C)C(C)(C)C)CC[C@H]12. The molecule has 0 saturated heterocycles. The zero-order valence-electron chi connectivity index (χ0n) is 22.3. The van der Waals surface area contributed by atoms with Gasteiger partial charge in [0.25, 0.3) is 0 Å². The number of ether oxygens (including phenoxy) is 1. The van der Waals surface area contributed by atoms with Crippen LogP contribution in [0, 0.1) is 35.0 Å². The Morgan fingerprint density at radius 1 is 1.19 bits per heavy atom. The average molecular weight is 459 g/mol. The number of hydrogen-bond donors (Lipinski definition) is 0. The van der Waals surface area contributed by atoms with Gasteiger partial charge in [-0.3, -0.25) is 0 Å². The highest BCUT2D eigenvalue weighted by Gasteiger charge is 2.62. The number of allylic oxidation sites excluding steroid dienone is 3. The summed E-state index contributed by atoms with van der Waals surface area (Å²) in [7, 11) is 0.329. The first-order valence-electron chi connectivity index (χ1n) is 13.5. The minimum Gasteiger partial charge on any atom is -0.417 e. The van der Waals surface area contributed by atoms with Crippen molar-refractivity contribution in [3.8, 4) is 0 Å². The molecular formula is C29H50O2Si. The van der Waals surface area contributed by atoms with Gasteiger partial charge >= 0.3 is 0 Å². The number of hydrogen-bond acceptors (Lipinski definition) is 2. The van der Waals surface area contributed by atoms with Gasteiger partial charge in [-0.05, 0) is 105 Å². The van der Waals surface area contributed by atoms with Crippen LogP contribution in [0.25, 0.3) is 0 Å². The summed E-state index contributed by atoms with van der Waals surface area (Å²) in [4.78, 5) is 0. The number of methoxy groups -OCH3 is 1. The van der Waals surface area contributed by atoms with E-state index in [1.54, 1.807) is 5.57 Å². The minimum absolute atomic E-state index is 0.0385. The zero-order valence-corrected chi connectivity index (χ0v) is 23.3. The van der Waals surface area contributed by atoms with Gasteiger partial charge in [0.1, 0.15) is 0 Å². The van der Waals surface area contributed by atoms with E-state index in [1.807, 2.05) is 7.11 Å². The molecule has 4 aliphatic carbocycles. The molecule has 182 valence electrons. The minimum atomic E-state index is -1.70. The lowest BCUT2D eigenvalue weighted by Gasteiger charge is -2.57. The summed E-state index contributed by atoms with van der Waals surface area (Å²) >= 11 is 0. The third-order valence-corrected chi connectivity index (χ3v) is 15.4. The van der Waals surface area contributed by atoms with Crippen LogP contribution in [0.3, 0.4) is 0 Å². The van der Waals surface area contributed by atoms with Crippen molar-refractivity contribution >= 4 is 8.32 Å². The van der Waals surface area contributed by atoms with E-state index >= 15 is 0 Å². The smallest absolute Gasteiger partial charge is 0.191 e. The summed E-state index contributed by atoms with van der Waals surface area (Å²) in [5, 5.41) is 0.284. The van der Waals surface area contributed by atoms with Gasteiger partial charge in [0.15, 0.2) is 8.32 Å². The highest BCUT2D eigenvalue weighted by molar-refractivity contribution is 6.74. The first-order valence-corrected chi connectivity index (χ1v) is 16.4. The lowest BCUT2D eigenvalue weighted by atomic mass is 9.52. The summed E-state index contributed by atoms with van der Waals surface area (Å²) in [6, 6.07) is 0. The van der Waals surface area contributed by atoms with Crippen LogP contribution < -0.4 is 0 Å². The maximum Gasteiger partial charge on any atom is 0.191 e. The molecule has 0 amide bonds. The van der Waals surface area contributed by atoms with Crippen molar-refractivity contribution in [3.05, 3.63) is 23.8 Å². The fourth-order valence-corrected chi connectivity index (χ4v) is 9.10. The first kappa shape index (κ1) is 24.7. The van der Waals surface area contributed by atoms with Crippen molar-refractivity contribution in [1.82, 2.24) is 0 Å². The Kier molecular flexibility index (Phi) is 6.71. The van der Waals surface area contributed by atoms with Gasteiger partial charge in [0.05, 0.1) is 5.60 Å². The van der Waals surface area contributed by atoms with Gasteiger partial charge in [-0.15, -0.1) is 0 Å². The molecular weight excluding hydrogens is 408 g/mol. The van der Waals surface area contributed by atoms with Crippen LogP contribution in [0.4, 0.5) is 0 Å². The molecule has 0 unspecified atom stereocenters. The first-order chi connectivity index (χ1) is 14.9. The van der Waals surface area contributed by atoms with E-state index < -0.39 is 8.32 Å². The largest absolute Gasteiger partial charge is 0.417 e. The van der Waals surface area contributed by atoms with E-state index in [2.05, 4.69) is 65.9 Å². The van der Waals surface area contributed by atoms with E-state index in [4.69, 9.17) is 9.16 Å². The fraction of sp³-hybridized carbons (Fsp3) is 0.862. The maximum atomic E-state index is 6.73. The van der Waals surface area contributed by atoms with Crippen molar-refractivity contribution in [1.29, 1.82) is 0 Å². The standard InChI is InChI=1S/C29H50O2Si/c1-21(20-31-32(7,8)27(2,3)4)25-12-13-26-28(25,5)16-15-24-19-23-11-9-10-22(18-23)14-17-29(24,26)30-6/h9-10,14,21,23-26H,11-13,15-20H2,1-8H3/b22-14-/t21-,23+,24+,25-,26-,28-,29+/m1/s1. The van der Waals surface area contributed by atoms with E-state index in [0.29, 0.717) is 17.3 Å². The van der Waals surface area contributed by atoms with Gasteiger partial charge in [0, 0.05) is 13.7 Å². The van der Waals surface area contributed by atoms with Gasteiger partial charge in [-0.25, -0.2) is 0 Å². The van der Waals surface area contributed by atoms with Gasteiger partial charge < -0.3 is 9.16 Å². The predicted molar refractivity (Wildman–Crippen MR) is 138 cm³/mol. The highest BCUT2D eigenvalue weighted by atomic mass is 28.4. The highest BCUT2D eigenvalue weighted by Crippen LogP contribution is 2.65. The quantitative estimate of drug-likeness (QED) is 0.387. The third-order valence-electron chi connectivity index (χ3n) is 10.9. The topological polar surface area (TPSA) is 18.5 Å². The van der Waals surface area contributed by atoms with Crippen LogP contribution >= 0.6 is 0 Å². The molecule has 7 atom stereocenters. The van der Waals surface area contributed by atoms with Gasteiger partial charge in [0.2, 0.25) is 0 Å². The molecule has 0 spiro atoms. The van der Waals surface area contributed by atoms with Gasteiger partial charge in [-0.1, -0.05) is 58.4 Å². The van der Waals surface area contributed by atoms with E-state index in [0.717, 1.165) is 30.8 Å². The van der Waals surface area contributed by atoms with Crippen molar-refractivity contribution in [2.45, 2.75) is 110 Å². The molecule has 32 heavy (non-hydrogen) atoms. The molecule has 0 radical (unpaired) electrons. The Bertz CT molecular complexity index is 747. The van der Waals surface area contributed by atoms with Crippen molar-refractivity contribution in [2.24, 2.45) is 35.0 Å². The molecule has 2 nitrogen and oxygen atoms in total. The van der Waals surface area contributed by atoms with Crippen LogP contribution in [0.15, 0.2) is 23.8 Å². The molecule has 2 bridgehead atoms. The number of rotatable bonds is 5. The van der Waals surface area contributed by atoms with Crippen molar-refractivity contribution in [2.75, 3.05) is 13.7 Å². The second-order valence-corrected chi connectivity index (χ2v) is 18.4. The molecule has 4 aliphatic rings.